The van der Waals surface area contributed by atoms with E-state index in [0.717, 1.165) is 11.4 Å². The molecule has 22 heavy (non-hydrogen) atoms. The van der Waals surface area contributed by atoms with Gasteiger partial charge >= 0.3 is 0 Å². The first-order valence-corrected chi connectivity index (χ1v) is 7.10. The van der Waals surface area contributed by atoms with Crippen molar-refractivity contribution in [2.45, 2.75) is 27.7 Å². The van der Waals surface area contributed by atoms with Crippen LogP contribution in [-0.2, 0) is 0 Å². The quantitative estimate of drug-likeness (QED) is 0.826. The van der Waals surface area contributed by atoms with E-state index in [1.165, 1.54) is 24.3 Å². The lowest BCUT2D eigenvalue weighted by Crippen LogP contribution is -2.19. The van der Waals surface area contributed by atoms with Crippen LogP contribution in [0.25, 0.3) is 0 Å². The van der Waals surface area contributed by atoms with Gasteiger partial charge in [0.15, 0.2) is 0 Å². The third kappa shape index (κ3) is 5.82. The SMILES string of the molecule is C.CC.OCCCN(c1ccc(F)cc1)c1ccc(F)cc1. The van der Waals surface area contributed by atoms with Gasteiger partial charge in [-0.3, -0.25) is 0 Å². The van der Waals surface area contributed by atoms with E-state index in [1.807, 2.05) is 18.7 Å². The van der Waals surface area contributed by atoms with E-state index in [2.05, 4.69) is 0 Å². The zero-order valence-electron chi connectivity index (χ0n) is 12.4. The summed E-state index contributed by atoms with van der Waals surface area (Å²) in [6.45, 7) is 4.65. The number of halogens is 2. The van der Waals surface area contributed by atoms with E-state index < -0.39 is 0 Å². The summed E-state index contributed by atoms with van der Waals surface area (Å²) in [5.74, 6) is -0.602. The van der Waals surface area contributed by atoms with E-state index in [1.54, 1.807) is 24.3 Å². The zero-order chi connectivity index (χ0) is 15.7. The summed E-state index contributed by atoms with van der Waals surface area (Å²) in [5.41, 5.74) is 1.61. The molecule has 2 aromatic carbocycles. The highest BCUT2D eigenvalue weighted by Gasteiger charge is 2.09. The molecule has 2 nitrogen and oxygen atoms in total. The average molecular weight is 309 g/mol. The fourth-order valence-corrected chi connectivity index (χ4v) is 1.88. The van der Waals surface area contributed by atoms with E-state index >= 15 is 0 Å². The van der Waals surface area contributed by atoms with Crippen molar-refractivity contribution in [1.82, 2.24) is 0 Å². The van der Waals surface area contributed by atoms with E-state index in [4.69, 9.17) is 5.11 Å². The molecule has 0 aliphatic heterocycles. The Bertz CT molecular complexity index is 466. The lowest BCUT2D eigenvalue weighted by Gasteiger charge is -2.24. The maximum atomic E-state index is 12.9. The number of benzene rings is 2. The largest absolute Gasteiger partial charge is 0.396 e. The van der Waals surface area contributed by atoms with Crippen LogP contribution in [0.2, 0.25) is 0 Å². The van der Waals surface area contributed by atoms with Gasteiger partial charge in [-0.1, -0.05) is 21.3 Å². The summed E-state index contributed by atoms with van der Waals surface area (Å²) in [7, 11) is 0. The maximum absolute atomic E-state index is 12.9. The van der Waals surface area contributed by atoms with Gasteiger partial charge in [-0.05, 0) is 55.0 Å². The number of aliphatic hydroxyl groups excluding tert-OH is 1. The van der Waals surface area contributed by atoms with Gasteiger partial charge in [0.2, 0.25) is 0 Å². The second-order valence-electron chi connectivity index (χ2n) is 4.18. The Morgan fingerprint density at radius 3 is 1.50 bits per heavy atom. The predicted molar refractivity (Wildman–Crippen MR) is 89.6 cm³/mol. The van der Waals surface area contributed by atoms with Crippen LogP contribution in [0.1, 0.15) is 27.7 Å². The molecule has 0 aliphatic carbocycles. The third-order valence-corrected chi connectivity index (χ3v) is 2.82. The van der Waals surface area contributed by atoms with Gasteiger partial charge in [-0.15, -0.1) is 0 Å². The van der Waals surface area contributed by atoms with Crippen molar-refractivity contribution in [3.63, 3.8) is 0 Å². The molecule has 0 aromatic heterocycles. The summed E-state index contributed by atoms with van der Waals surface area (Å²) in [5, 5.41) is 8.95. The van der Waals surface area contributed by atoms with Crippen LogP contribution in [0.5, 0.6) is 0 Å². The maximum Gasteiger partial charge on any atom is 0.123 e. The number of hydrogen-bond donors (Lipinski definition) is 1. The van der Waals surface area contributed by atoms with E-state index in [-0.39, 0.29) is 25.7 Å². The lowest BCUT2D eigenvalue weighted by atomic mass is 10.2. The first-order valence-electron chi connectivity index (χ1n) is 7.10. The van der Waals surface area contributed by atoms with Crippen molar-refractivity contribution < 1.29 is 13.9 Å². The highest BCUT2D eigenvalue weighted by atomic mass is 19.1. The minimum Gasteiger partial charge on any atom is -0.396 e. The summed E-state index contributed by atoms with van der Waals surface area (Å²) < 4.78 is 25.9. The van der Waals surface area contributed by atoms with Gasteiger partial charge in [-0.25, -0.2) is 8.78 Å². The van der Waals surface area contributed by atoms with Crippen molar-refractivity contribution in [1.29, 1.82) is 0 Å². The van der Waals surface area contributed by atoms with Gasteiger partial charge in [-0.2, -0.15) is 0 Å². The van der Waals surface area contributed by atoms with Crippen molar-refractivity contribution in [3.05, 3.63) is 60.2 Å². The molecule has 0 radical (unpaired) electrons. The molecule has 0 heterocycles. The number of aliphatic hydroxyl groups is 1. The second kappa shape index (κ2) is 10.7. The van der Waals surface area contributed by atoms with Gasteiger partial charge < -0.3 is 10.0 Å². The molecule has 0 fully saturated rings. The topological polar surface area (TPSA) is 23.5 Å². The molecule has 0 saturated heterocycles. The normalized spacial score (nSPS) is 9.32. The van der Waals surface area contributed by atoms with Gasteiger partial charge in [0, 0.05) is 24.5 Å². The molecular formula is C18H25F2NO. The summed E-state index contributed by atoms with van der Waals surface area (Å²) in [6, 6.07) is 12.2. The van der Waals surface area contributed by atoms with E-state index in [9.17, 15) is 8.78 Å². The summed E-state index contributed by atoms with van der Waals surface area (Å²) in [4.78, 5) is 1.91. The predicted octanol–water partition coefficient (Wildman–Crippen LogP) is 5.15. The fourth-order valence-electron chi connectivity index (χ4n) is 1.88. The number of rotatable bonds is 5. The highest BCUT2D eigenvalue weighted by molar-refractivity contribution is 5.62. The molecule has 4 heteroatoms. The molecule has 0 amide bonds. The van der Waals surface area contributed by atoms with Gasteiger partial charge in [0.1, 0.15) is 11.6 Å². The van der Waals surface area contributed by atoms with E-state index in [0.29, 0.717) is 13.0 Å². The Hall–Kier alpha value is -1.94. The molecule has 122 valence electrons. The lowest BCUT2D eigenvalue weighted by molar-refractivity contribution is 0.291. The van der Waals surface area contributed by atoms with Crippen LogP contribution in [0, 0.1) is 11.6 Å². The molecule has 0 aliphatic rings. The summed E-state index contributed by atoms with van der Waals surface area (Å²) in [6.07, 6.45) is 0.578. The van der Waals surface area contributed by atoms with Crippen LogP contribution < -0.4 is 4.90 Å². The molecule has 0 atom stereocenters. The first kappa shape index (κ1) is 20.1. The molecule has 0 bridgehead atoms. The number of anilines is 2. The third-order valence-electron chi connectivity index (χ3n) is 2.82. The van der Waals surface area contributed by atoms with Gasteiger partial charge in [0.05, 0.1) is 0 Å². The Morgan fingerprint density at radius 2 is 1.18 bits per heavy atom. The molecule has 2 rings (SSSR count). The van der Waals surface area contributed by atoms with Crippen molar-refractivity contribution >= 4 is 11.4 Å². The fraction of sp³-hybridized carbons (Fsp3) is 0.333. The van der Waals surface area contributed by atoms with Crippen LogP contribution in [-0.4, -0.2) is 18.3 Å². The van der Waals surface area contributed by atoms with Gasteiger partial charge in [0.25, 0.3) is 0 Å². The number of nitrogens with zero attached hydrogens (tertiary/aromatic N) is 1. The van der Waals surface area contributed by atoms with Crippen molar-refractivity contribution in [3.8, 4) is 0 Å². The molecule has 0 saturated carbocycles. The Morgan fingerprint density at radius 1 is 0.818 bits per heavy atom. The number of hydrogen-bond acceptors (Lipinski definition) is 2. The standard InChI is InChI=1S/C15H15F2NO.C2H6.CH4/c16-12-2-6-14(7-3-12)18(10-1-11-19)15-8-4-13(17)5-9-15;1-2;/h2-9,19H,1,10-11H2;1-2H3;1H4. The average Bonchev–Trinajstić information content (AvgIpc) is 2.53. The Kier molecular flexibility index (Phi) is 9.79. The minimum atomic E-state index is -0.301. The van der Waals surface area contributed by atoms with Crippen molar-refractivity contribution in [2.75, 3.05) is 18.1 Å². The smallest absolute Gasteiger partial charge is 0.123 e. The molecule has 0 unspecified atom stereocenters. The first-order chi connectivity index (χ1) is 10.2. The van der Waals surface area contributed by atoms with Crippen LogP contribution in [0.3, 0.4) is 0 Å². The highest BCUT2D eigenvalue weighted by Crippen LogP contribution is 2.25. The van der Waals surface area contributed by atoms with Crippen LogP contribution in [0.4, 0.5) is 20.2 Å². The Labute approximate surface area is 132 Å². The monoisotopic (exact) mass is 309 g/mol. The zero-order valence-corrected chi connectivity index (χ0v) is 12.4. The van der Waals surface area contributed by atoms with Crippen LogP contribution in [0.15, 0.2) is 48.5 Å². The molecule has 2 aromatic rings. The minimum absolute atomic E-state index is 0. The molecule has 0 spiro atoms. The summed E-state index contributed by atoms with van der Waals surface area (Å²) >= 11 is 0. The Balaban J connectivity index is 0.00000141. The van der Waals surface area contributed by atoms with Crippen LogP contribution >= 0.6 is 0 Å². The van der Waals surface area contributed by atoms with Crippen molar-refractivity contribution in [2.24, 2.45) is 0 Å². The molecular weight excluding hydrogens is 284 g/mol. The second-order valence-corrected chi connectivity index (χ2v) is 4.18. The molecule has 1 N–H and O–H groups in total.